The molecule has 0 rings (SSSR count). The molecule has 13 heavy (non-hydrogen) atoms. The van der Waals surface area contributed by atoms with Crippen LogP contribution >= 0.6 is 7.37 Å². The Morgan fingerprint density at radius 1 is 1.08 bits per heavy atom. The molecule has 0 fully saturated rings. The third-order valence-corrected chi connectivity index (χ3v) is 2.46. The third kappa shape index (κ3) is 8.44. The SMILES string of the molecule is CCCOCP(=O)(O)COCCC. The highest BCUT2D eigenvalue weighted by Crippen LogP contribution is 2.40. The normalized spacial score (nSPS) is 11.9. The highest BCUT2D eigenvalue weighted by Gasteiger charge is 2.17. The van der Waals surface area contributed by atoms with E-state index in [4.69, 9.17) is 9.47 Å². The van der Waals surface area contributed by atoms with Gasteiger partial charge in [0.1, 0.15) is 12.7 Å². The first-order valence-electron chi connectivity index (χ1n) is 4.58. The smallest absolute Gasteiger partial charge is 0.250 e. The lowest BCUT2D eigenvalue weighted by Gasteiger charge is -2.11. The van der Waals surface area contributed by atoms with Crippen molar-refractivity contribution in [2.24, 2.45) is 0 Å². The Labute approximate surface area is 79.7 Å². The van der Waals surface area contributed by atoms with Gasteiger partial charge < -0.3 is 14.4 Å². The molecule has 0 atom stereocenters. The summed E-state index contributed by atoms with van der Waals surface area (Å²) >= 11 is 0. The van der Waals surface area contributed by atoms with Crippen LogP contribution in [0.15, 0.2) is 0 Å². The topological polar surface area (TPSA) is 55.8 Å². The van der Waals surface area contributed by atoms with Gasteiger partial charge in [-0.3, -0.25) is 4.57 Å². The molecule has 0 radical (unpaired) electrons. The summed E-state index contributed by atoms with van der Waals surface area (Å²) in [4.78, 5) is 9.27. The van der Waals surface area contributed by atoms with Gasteiger partial charge in [0.15, 0.2) is 0 Å². The van der Waals surface area contributed by atoms with E-state index in [1.807, 2.05) is 13.8 Å². The lowest BCUT2D eigenvalue weighted by atomic mass is 10.5. The quantitative estimate of drug-likeness (QED) is 0.492. The molecule has 5 heteroatoms. The van der Waals surface area contributed by atoms with Crippen molar-refractivity contribution in [1.82, 2.24) is 0 Å². The fourth-order valence-electron chi connectivity index (χ4n) is 0.740. The van der Waals surface area contributed by atoms with Crippen LogP contribution in [0.2, 0.25) is 0 Å². The molecule has 0 saturated heterocycles. The monoisotopic (exact) mass is 210 g/mol. The molecule has 0 heterocycles. The zero-order valence-corrected chi connectivity index (χ0v) is 9.26. The average Bonchev–Trinajstić information content (AvgIpc) is 2.05. The Kier molecular flexibility index (Phi) is 7.57. The van der Waals surface area contributed by atoms with Crippen molar-refractivity contribution in [2.45, 2.75) is 26.7 Å². The van der Waals surface area contributed by atoms with E-state index in [9.17, 15) is 9.46 Å². The first-order chi connectivity index (χ1) is 6.12. The molecule has 0 aliphatic heterocycles. The molecule has 0 bridgehead atoms. The first-order valence-corrected chi connectivity index (χ1v) is 6.61. The van der Waals surface area contributed by atoms with Crippen LogP contribution in [0.4, 0.5) is 0 Å². The molecule has 0 aromatic heterocycles. The Hall–Kier alpha value is 0.110. The second-order valence-electron chi connectivity index (χ2n) is 2.92. The summed E-state index contributed by atoms with van der Waals surface area (Å²) in [6.45, 7) is 4.96. The molecule has 1 N–H and O–H groups in total. The third-order valence-electron chi connectivity index (χ3n) is 1.28. The van der Waals surface area contributed by atoms with E-state index in [1.54, 1.807) is 0 Å². The predicted octanol–water partition coefficient (Wildman–Crippen LogP) is 2.02. The van der Waals surface area contributed by atoms with Crippen LogP contribution in [0.5, 0.6) is 0 Å². The van der Waals surface area contributed by atoms with E-state index >= 15 is 0 Å². The van der Waals surface area contributed by atoms with Crippen molar-refractivity contribution < 1.29 is 18.9 Å². The van der Waals surface area contributed by atoms with Crippen molar-refractivity contribution in [2.75, 3.05) is 25.9 Å². The summed E-state index contributed by atoms with van der Waals surface area (Å²) < 4.78 is 21.2. The summed E-state index contributed by atoms with van der Waals surface area (Å²) in [5.41, 5.74) is 0. The largest absolute Gasteiger partial charge is 0.371 e. The van der Waals surface area contributed by atoms with Gasteiger partial charge >= 0.3 is 0 Å². The van der Waals surface area contributed by atoms with Gasteiger partial charge in [0.2, 0.25) is 7.37 Å². The molecule has 0 aliphatic carbocycles. The minimum Gasteiger partial charge on any atom is -0.371 e. The molecular formula is C8H19O4P. The van der Waals surface area contributed by atoms with Gasteiger partial charge in [0.25, 0.3) is 0 Å². The molecule has 0 amide bonds. The molecule has 0 saturated carbocycles. The predicted molar refractivity (Wildman–Crippen MR) is 52.0 cm³/mol. The zero-order chi connectivity index (χ0) is 10.2. The molecule has 0 aliphatic rings. The van der Waals surface area contributed by atoms with Crippen molar-refractivity contribution >= 4 is 7.37 Å². The molecule has 80 valence electrons. The average molecular weight is 210 g/mol. The van der Waals surface area contributed by atoms with Gasteiger partial charge in [0.05, 0.1) is 0 Å². The van der Waals surface area contributed by atoms with Gasteiger partial charge in [-0.05, 0) is 12.8 Å². The van der Waals surface area contributed by atoms with E-state index in [-0.39, 0.29) is 12.7 Å². The van der Waals surface area contributed by atoms with Crippen LogP contribution in [0.1, 0.15) is 26.7 Å². The Morgan fingerprint density at radius 3 is 1.77 bits per heavy atom. The van der Waals surface area contributed by atoms with Crippen LogP contribution in [0, 0.1) is 0 Å². The van der Waals surface area contributed by atoms with Crippen LogP contribution in [0.3, 0.4) is 0 Å². The van der Waals surface area contributed by atoms with Crippen LogP contribution < -0.4 is 0 Å². The molecule has 0 aromatic carbocycles. The van der Waals surface area contributed by atoms with Crippen molar-refractivity contribution in [3.05, 3.63) is 0 Å². The van der Waals surface area contributed by atoms with Gasteiger partial charge in [-0.15, -0.1) is 0 Å². The fourth-order valence-corrected chi connectivity index (χ4v) is 1.64. The second kappa shape index (κ2) is 7.51. The minimum atomic E-state index is -3.20. The van der Waals surface area contributed by atoms with E-state index in [0.717, 1.165) is 12.8 Å². The maximum atomic E-state index is 11.3. The van der Waals surface area contributed by atoms with Crippen LogP contribution in [-0.4, -0.2) is 30.8 Å². The molecule has 0 spiro atoms. The summed E-state index contributed by atoms with van der Waals surface area (Å²) in [7, 11) is -3.20. The minimum absolute atomic E-state index is 0.0927. The molecule has 4 nitrogen and oxygen atoms in total. The van der Waals surface area contributed by atoms with Gasteiger partial charge in [0, 0.05) is 13.2 Å². The van der Waals surface area contributed by atoms with Crippen molar-refractivity contribution in [3.63, 3.8) is 0 Å². The fraction of sp³-hybridized carbons (Fsp3) is 1.00. The van der Waals surface area contributed by atoms with Crippen LogP contribution in [0.25, 0.3) is 0 Å². The van der Waals surface area contributed by atoms with E-state index < -0.39 is 7.37 Å². The van der Waals surface area contributed by atoms with Gasteiger partial charge in [-0.25, -0.2) is 0 Å². The summed E-state index contributed by atoms with van der Waals surface area (Å²) in [6, 6.07) is 0. The molecule has 0 aromatic rings. The highest BCUT2D eigenvalue weighted by atomic mass is 31.2. The zero-order valence-electron chi connectivity index (χ0n) is 8.36. The number of rotatable bonds is 8. The Morgan fingerprint density at radius 2 is 1.46 bits per heavy atom. The highest BCUT2D eigenvalue weighted by molar-refractivity contribution is 7.57. The standard InChI is InChI=1S/C8H19O4P/c1-3-5-11-7-13(9,10)8-12-6-4-2/h3-8H2,1-2H3,(H,9,10). The lowest BCUT2D eigenvalue weighted by molar-refractivity contribution is 0.144. The Bertz CT molecular complexity index is 146. The summed E-state index contributed by atoms with van der Waals surface area (Å²) in [5.74, 6) is 0. The van der Waals surface area contributed by atoms with Crippen molar-refractivity contribution in [1.29, 1.82) is 0 Å². The number of hydrogen-bond donors (Lipinski definition) is 1. The van der Waals surface area contributed by atoms with E-state index in [0.29, 0.717) is 13.2 Å². The second-order valence-corrected chi connectivity index (χ2v) is 5.13. The molecule has 0 unspecified atom stereocenters. The number of ether oxygens (including phenoxy) is 2. The van der Waals surface area contributed by atoms with Gasteiger partial charge in [-0.1, -0.05) is 13.8 Å². The number of hydrogen-bond acceptors (Lipinski definition) is 3. The van der Waals surface area contributed by atoms with E-state index in [2.05, 4.69) is 0 Å². The molecular weight excluding hydrogens is 191 g/mol. The maximum absolute atomic E-state index is 11.3. The van der Waals surface area contributed by atoms with Crippen molar-refractivity contribution in [3.8, 4) is 0 Å². The van der Waals surface area contributed by atoms with E-state index in [1.165, 1.54) is 0 Å². The lowest BCUT2D eigenvalue weighted by Crippen LogP contribution is -2.03. The summed E-state index contributed by atoms with van der Waals surface area (Å²) in [5, 5.41) is 0. The van der Waals surface area contributed by atoms with Gasteiger partial charge in [-0.2, -0.15) is 0 Å². The Balaban J connectivity index is 3.49. The summed E-state index contributed by atoms with van der Waals surface area (Å²) in [6.07, 6.45) is 1.53. The first kappa shape index (κ1) is 13.1. The van der Waals surface area contributed by atoms with Crippen LogP contribution in [-0.2, 0) is 14.0 Å². The maximum Gasteiger partial charge on any atom is 0.250 e.